The molecule has 4 rings (SSSR count). The predicted molar refractivity (Wildman–Crippen MR) is 105 cm³/mol. The fraction of sp³-hybridized carbons (Fsp3) is 0.318. The molecule has 1 aromatic heterocycles. The van der Waals surface area contributed by atoms with Crippen molar-refractivity contribution in [2.75, 3.05) is 19.7 Å². The minimum absolute atomic E-state index is 0.00541. The lowest BCUT2D eigenvalue weighted by molar-refractivity contribution is -0.134. The van der Waals surface area contributed by atoms with Gasteiger partial charge in [0, 0.05) is 18.7 Å². The first-order valence-electron chi connectivity index (χ1n) is 9.65. The Kier molecular flexibility index (Phi) is 5.55. The van der Waals surface area contributed by atoms with Crippen molar-refractivity contribution in [2.45, 2.75) is 25.7 Å². The van der Waals surface area contributed by atoms with Crippen molar-refractivity contribution in [3.63, 3.8) is 0 Å². The van der Waals surface area contributed by atoms with Crippen LogP contribution >= 0.6 is 0 Å². The average Bonchev–Trinajstić information content (AvgIpc) is 3.23. The van der Waals surface area contributed by atoms with Gasteiger partial charge in [-0.3, -0.25) is 4.79 Å². The molecular formula is C22H22FN3O3. The third kappa shape index (κ3) is 4.62. The monoisotopic (exact) mass is 395 g/mol. The summed E-state index contributed by atoms with van der Waals surface area (Å²) in [6.45, 7) is 3.15. The summed E-state index contributed by atoms with van der Waals surface area (Å²) in [4.78, 5) is 18.8. The summed E-state index contributed by atoms with van der Waals surface area (Å²) in [7, 11) is 0. The SMILES string of the molecule is Cc1cccc(OCC(=O)N2CCCC(c3nc(-c4cccc(F)c4)no3)C2)c1. The first-order chi connectivity index (χ1) is 14.1. The molecule has 0 aliphatic carbocycles. The zero-order valence-corrected chi connectivity index (χ0v) is 16.2. The number of rotatable bonds is 5. The van der Waals surface area contributed by atoms with Crippen LogP contribution in [-0.4, -0.2) is 40.6 Å². The van der Waals surface area contributed by atoms with Gasteiger partial charge in [-0.1, -0.05) is 29.4 Å². The number of ether oxygens (including phenoxy) is 1. The molecule has 1 atom stereocenters. The van der Waals surface area contributed by atoms with E-state index in [4.69, 9.17) is 9.26 Å². The van der Waals surface area contributed by atoms with Crippen molar-refractivity contribution >= 4 is 5.91 Å². The number of carbonyl (C=O) groups excluding carboxylic acids is 1. The maximum atomic E-state index is 13.4. The van der Waals surface area contributed by atoms with Gasteiger partial charge in [0.15, 0.2) is 6.61 Å². The van der Waals surface area contributed by atoms with E-state index < -0.39 is 0 Å². The van der Waals surface area contributed by atoms with Gasteiger partial charge in [0.25, 0.3) is 5.91 Å². The van der Waals surface area contributed by atoms with Gasteiger partial charge in [0.05, 0.1) is 5.92 Å². The molecule has 29 heavy (non-hydrogen) atoms. The third-order valence-corrected chi connectivity index (χ3v) is 5.00. The van der Waals surface area contributed by atoms with Gasteiger partial charge in [-0.15, -0.1) is 0 Å². The van der Waals surface area contributed by atoms with E-state index in [1.165, 1.54) is 12.1 Å². The van der Waals surface area contributed by atoms with Gasteiger partial charge < -0.3 is 14.2 Å². The summed E-state index contributed by atoms with van der Waals surface area (Å²) in [5.74, 6) is 1.05. The molecule has 3 aromatic rings. The summed E-state index contributed by atoms with van der Waals surface area (Å²) in [6.07, 6.45) is 1.70. The highest BCUT2D eigenvalue weighted by Crippen LogP contribution is 2.28. The molecule has 0 radical (unpaired) electrons. The molecule has 1 unspecified atom stereocenters. The lowest BCUT2D eigenvalue weighted by Crippen LogP contribution is -2.41. The van der Waals surface area contributed by atoms with Crippen LogP contribution in [0.2, 0.25) is 0 Å². The van der Waals surface area contributed by atoms with Crippen molar-refractivity contribution in [1.29, 1.82) is 0 Å². The number of likely N-dealkylation sites (tertiary alicyclic amines) is 1. The summed E-state index contributed by atoms with van der Waals surface area (Å²) in [5.41, 5.74) is 1.65. The van der Waals surface area contributed by atoms with Crippen LogP contribution in [0.15, 0.2) is 53.1 Å². The topological polar surface area (TPSA) is 68.5 Å². The number of benzene rings is 2. The van der Waals surface area contributed by atoms with Gasteiger partial charge in [0.2, 0.25) is 11.7 Å². The molecule has 2 aromatic carbocycles. The van der Waals surface area contributed by atoms with E-state index in [0.717, 1.165) is 18.4 Å². The second kappa shape index (κ2) is 8.43. The van der Waals surface area contributed by atoms with Crippen LogP contribution in [0.3, 0.4) is 0 Å². The third-order valence-electron chi connectivity index (χ3n) is 5.00. The molecule has 0 spiro atoms. The fourth-order valence-electron chi connectivity index (χ4n) is 3.49. The van der Waals surface area contributed by atoms with E-state index in [-0.39, 0.29) is 24.2 Å². The Morgan fingerprint density at radius 2 is 2.14 bits per heavy atom. The van der Waals surface area contributed by atoms with Gasteiger partial charge in [0.1, 0.15) is 11.6 Å². The Bertz CT molecular complexity index is 1000. The fourth-order valence-corrected chi connectivity index (χ4v) is 3.49. The molecule has 1 aliphatic heterocycles. The minimum atomic E-state index is -0.350. The second-order valence-electron chi connectivity index (χ2n) is 7.25. The highest BCUT2D eigenvalue weighted by Gasteiger charge is 2.29. The highest BCUT2D eigenvalue weighted by atomic mass is 19.1. The predicted octanol–water partition coefficient (Wildman–Crippen LogP) is 3.97. The van der Waals surface area contributed by atoms with E-state index >= 15 is 0 Å². The number of carbonyl (C=O) groups is 1. The lowest BCUT2D eigenvalue weighted by Gasteiger charge is -2.30. The van der Waals surface area contributed by atoms with Crippen LogP contribution in [-0.2, 0) is 4.79 Å². The van der Waals surface area contributed by atoms with Crippen molar-refractivity contribution in [1.82, 2.24) is 15.0 Å². The Morgan fingerprint density at radius 3 is 2.97 bits per heavy atom. The summed E-state index contributed by atoms with van der Waals surface area (Å²) >= 11 is 0. The van der Waals surface area contributed by atoms with Gasteiger partial charge in [-0.25, -0.2) is 4.39 Å². The number of amides is 1. The maximum absolute atomic E-state index is 13.4. The second-order valence-corrected chi connectivity index (χ2v) is 7.25. The summed E-state index contributed by atoms with van der Waals surface area (Å²) in [5, 5.41) is 3.98. The smallest absolute Gasteiger partial charge is 0.260 e. The maximum Gasteiger partial charge on any atom is 0.260 e. The number of aromatic nitrogens is 2. The molecule has 2 heterocycles. The molecule has 7 heteroatoms. The van der Waals surface area contributed by atoms with Crippen LogP contribution in [0.5, 0.6) is 5.75 Å². The van der Waals surface area contributed by atoms with Crippen LogP contribution in [0, 0.1) is 12.7 Å². The molecule has 6 nitrogen and oxygen atoms in total. The Labute approximate surface area is 168 Å². The quantitative estimate of drug-likeness (QED) is 0.654. The summed E-state index contributed by atoms with van der Waals surface area (Å²) in [6, 6.07) is 13.7. The van der Waals surface area contributed by atoms with E-state index in [9.17, 15) is 9.18 Å². The normalized spacial score (nSPS) is 16.6. The van der Waals surface area contributed by atoms with Crippen LogP contribution in [0.25, 0.3) is 11.4 Å². The zero-order valence-electron chi connectivity index (χ0n) is 16.2. The van der Waals surface area contributed by atoms with Crippen LogP contribution in [0.1, 0.15) is 30.2 Å². The Morgan fingerprint density at radius 1 is 1.28 bits per heavy atom. The van der Waals surface area contributed by atoms with E-state index in [2.05, 4.69) is 10.1 Å². The Balaban J connectivity index is 1.38. The number of hydrogen-bond acceptors (Lipinski definition) is 5. The van der Waals surface area contributed by atoms with E-state index in [1.54, 1.807) is 17.0 Å². The van der Waals surface area contributed by atoms with Gasteiger partial charge in [-0.2, -0.15) is 4.98 Å². The van der Waals surface area contributed by atoms with Crippen molar-refractivity contribution in [3.8, 4) is 17.1 Å². The molecule has 1 aliphatic rings. The molecule has 150 valence electrons. The van der Waals surface area contributed by atoms with E-state index in [1.807, 2.05) is 31.2 Å². The highest BCUT2D eigenvalue weighted by molar-refractivity contribution is 5.78. The molecular weight excluding hydrogens is 373 g/mol. The first kappa shape index (κ1) is 19.1. The largest absolute Gasteiger partial charge is 0.484 e. The number of hydrogen-bond donors (Lipinski definition) is 0. The number of halogens is 1. The molecule has 0 N–H and O–H groups in total. The number of piperidine rings is 1. The van der Waals surface area contributed by atoms with E-state index in [0.29, 0.717) is 36.1 Å². The summed E-state index contributed by atoms with van der Waals surface area (Å²) < 4.78 is 24.5. The van der Waals surface area contributed by atoms with Crippen LogP contribution in [0.4, 0.5) is 4.39 Å². The van der Waals surface area contributed by atoms with Crippen molar-refractivity contribution in [2.24, 2.45) is 0 Å². The average molecular weight is 395 g/mol. The molecule has 0 saturated carbocycles. The first-order valence-corrected chi connectivity index (χ1v) is 9.65. The van der Waals surface area contributed by atoms with Crippen molar-refractivity contribution < 1.29 is 18.4 Å². The van der Waals surface area contributed by atoms with Gasteiger partial charge in [-0.05, 0) is 49.6 Å². The van der Waals surface area contributed by atoms with Gasteiger partial charge >= 0.3 is 0 Å². The zero-order chi connectivity index (χ0) is 20.2. The molecule has 1 saturated heterocycles. The Hall–Kier alpha value is -3.22. The minimum Gasteiger partial charge on any atom is -0.484 e. The molecule has 0 bridgehead atoms. The van der Waals surface area contributed by atoms with Crippen molar-refractivity contribution in [3.05, 3.63) is 65.8 Å². The molecule has 1 fully saturated rings. The lowest BCUT2D eigenvalue weighted by atomic mass is 9.98. The van der Waals surface area contributed by atoms with Crippen LogP contribution < -0.4 is 4.74 Å². The molecule has 1 amide bonds. The number of nitrogens with zero attached hydrogens (tertiary/aromatic N) is 3. The number of aryl methyl sites for hydroxylation is 1. The standard InChI is InChI=1S/C22H22FN3O3/c1-15-5-2-9-19(11-15)28-14-20(27)26-10-4-7-17(13-26)22-24-21(25-29-22)16-6-3-8-18(23)12-16/h2-3,5-6,8-9,11-12,17H,4,7,10,13-14H2,1H3.